The predicted octanol–water partition coefficient (Wildman–Crippen LogP) is 6.46. The first-order valence-corrected chi connectivity index (χ1v) is 10.4. The van der Waals surface area contributed by atoms with Crippen molar-refractivity contribution in [3.8, 4) is 33.8 Å². The van der Waals surface area contributed by atoms with E-state index in [-0.39, 0.29) is 11.3 Å². The third-order valence-electron chi connectivity index (χ3n) is 4.61. The van der Waals surface area contributed by atoms with Gasteiger partial charge in [-0.1, -0.05) is 37.4 Å². The molecular formula is C28H20F2O6. The van der Waals surface area contributed by atoms with Gasteiger partial charge < -0.3 is 18.9 Å². The normalized spacial score (nSPS) is 10.7. The molecule has 0 saturated carbocycles. The Kier molecular flexibility index (Phi) is 8.88. The molecular weight excluding hydrogens is 470 g/mol. The molecule has 0 bridgehead atoms. The molecule has 0 radical (unpaired) electrons. The average Bonchev–Trinajstić information content (AvgIpc) is 2.89. The van der Waals surface area contributed by atoms with Gasteiger partial charge in [0.05, 0.1) is 0 Å². The predicted molar refractivity (Wildman–Crippen MR) is 129 cm³/mol. The van der Waals surface area contributed by atoms with Gasteiger partial charge in [0.1, 0.15) is 48.2 Å². The van der Waals surface area contributed by atoms with Crippen LogP contribution in [0.15, 0.2) is 111 Å². The number of rotatable bonds is 10. The van der Waals surface area contributed by atoms with Crippen LogP contribution in [0.5, 0.6) is 11.5 Å². The summed E-state index contributed by atoms with van der Waals surface area (Å²) in [7, 11) is 0. The van der Waals surface area contributed by atoms with E-state index in [4.69, 9.17) is 9.47 Å². The van der Waals surface area contributed by atoms with Crippen LogP contribution < -0.4 is 9.47 Å². The Labute approximate surface area is 206 Å². The van der Waals surface area contributed by atoms with E-state index in [0.717, 1.165) is 37.0 Å². The van der Waals surface area contributed by atoms with Gasteiger partial charge in [0.2, 0.25) is 0 Å². The maximum atomic E-state index is 14.9. The van der Waals surface area contributed by atoms with Gasteiger partial charge in [-0.2, -0.15) is 0 Å². The third kappa shape index (κ3) is 7.01. The summed E-state index contributed by atoms with van der Waals surface area (Å²) in [6.07, 6.45) is 6.34. The molecule has 36 heavy (non-hydrogen) atoms. The first-order valence-electron chi connectivity index (χ1n) is 10.4. The third-order valence-corrected chi connectivity index (χ3v) is 4.61. The van der Waals surface area contributed by atoms with Crippen molar-refractivity contribution < 1.29 is 37.3 Å². The average molecular weight is 490 g/mol. The summed E-state index contributed by atoms with van der Waals surface area (Å²) in [5.74, 6) is -1.83. The van der Waals surface area contributed by atoms with E-state index in [2.05, 4.69) is 22.6 Å². The zero-order valence-corrected chi connectivity index (χ0v) is 18.9. The van der Waals surface area contributed by atoms with E-state index in [1.807, 2.05) is 0 Å². The summed E-state index contributed by atoms with van der Waals surface area (Å²) < 4.78 is 49.3. The molecule has 0 saturated heterocycles. The smallest absolute Gasteiger partial charge is 0.335 e. The van der Waals surface area contributed by atoms with Gasteiger partial charge in [-0.25, -0.2) is 18.4 Å². The zero-order valence-electron chi connectivity index (χ0n) is 18.9. The molecule has 3 aromatic rings. The second-order valence-electron chi connectivity index (χ2n) is 6.92. The summed E-state index contributed by atoms with van der Waals surface area (Å²) >= 11 is 0. The second-order valence-corrected chi connectivity index (χ2v) is 6.92. The van der Waals surface area contributed by atoms with Crippen molar-refractivity contribution in [2.24, 2.45) is 0 Å². The van der Waals surface area contributed by atoms with Gasteiger partial charge in [0.25, 0.3) is 0 Å². The number of benzene rings is 3. The minimum absolute atomic E-state index is 0.162. The Balaban J connectivity index is 1.68. The summed E-state index contributed by atoms with van der Waals surface area (Å²) in [5.41, 5.74) is 1.43. The van der Waals surface area contributed by atoms with E-state index in [1.54, 1.807) is 36.4 Å². The van der Waals surface area contributed by atoms with Gasteiger partial charge in [0, 0.05) is 29.3 Å². The Bertz CT molecular complexity index is 1330. The first-order chi connectivity index (χ1) is 17.4. The minimum atomic E-state index is -0.660. The quantitative estimate of drug-likeness (QED) is 0.185. The van der Waals surface area contributed by atoms with Gasteiger partial charge in [-0.05, 0) is 41.5 Å². The standard InChI is InChI=1S/C28H20F2O6/c1-3-27(31)35-15-13-33-21-8-5-19(6-9-21)23-11-7-20(17-25(23)29)24-12-10-22(18-26(24)30)34-14-16-36-28(32)4-2/h3-18H,1-2H2/b15-13-,16-14-. The van der Waals surface area contributed by atoms with Gasteiger partial charge in [0.15, 0.2) is 0 Å². The van der Waals surface area contributed by atoms with Crippen LogP contribution in [-0.2, 0) is 19.1 Å². The monoisotopic (exact) mass is 490 g/mol. The minimum Gasteiger partial charge on any atom is -0.462 e. The van der Waals surface area contributed by atoms with Crippen LogP contribution in [0.3, 0.4) is 0 Å². The highest BCUT2D eigenvalue weighted by Crippen LogP contribution is 2.31. The van der Waals surface area contributed by atoms with Gasteiger partial charge in [-0.3, -0.25) is 0 Å². The molecule has 0 heterocycles. The van der Waals surface area contributed by atoms with E-state index in [0.29, 0.717) is 22.4 Å². The van der Waals surface area contributed by atoms with Crippen molar-refractivity contribution in [2.45, 2.75) is 0 Å². The van der Waals surface area contributed by atoms with Crippen molar-refractivity contribution in [1.29, 1.82) is 0 Å². The summed E-state index contributed by atoms with van der Waals surface area (Å²) in [5, 5.41) is 0. The molecule has 6 nitrogen and oxygen atoms in total. The molecule has 0 amide bonds. The van der Waals surface area contributed by atoms with Crippen LogP contribution in [0.25, 0.3) is 22.3 Å². The summed E-state index contributed by atoms with van der Waals surface area (Å²) in [6, 6.07) is 15.0. The number of carbonyl (C=O) groups is 2. The molecule has 0 atom stereocenters. The van der Waals surface area contributed by atoms with E-state index < -0.39 is 23.6 Å². The number of hydrogen-bond donors (Lipinski definition) is 0. The number of ether oxygens (including phenoxy) is 4. The lowest BCUT2D eigenvalue weighted by Crippen LogP contribution is -1.94. The fourth-order valence-electron chi connectivity index (χ4n) is 2.93. The zero-order chi connectivity index (χ0) is 25.9. The number of esters is 2. The molecule has 0 spiro atoms. The number of halogens is 2. The number of carbonyl (C=O) groups excluding carboxylic acids is 2. The SMILES string of the molecule is C=CC(=O)O/C=C\Oc1ccc(-c2ccc(-c3ccc(O/C=C\OC(=O)C=C)cc3F)cc2F)cc1. The fraction of sp³-hybridized carbons (Fsp3) is 0. The van der Waals surface area contributed by atoms with E-state index in [9.17, 15) is 18.4 Å². The Morgan fingerprint density at radius 2 is 1.08 bits per heavy atom. The maximum absolute atomic E-state index is 14.9. The lowest BCUT2D eigenvalue weighted by Gasteiger charge is -2.09. The van der Waals surface area contributed by atoms with Crippen molar-refractivity contribution >= 4 is 11.9 Å². The summed E-state index contributed by atoms with van der Waals surface area (Å²) in [4.78, 5) is 21.9. The molecule has 3 rings (SSSR count). The first kappa shape index (κ1) is 25.6. The van der Waals surface area contributed by atoms with E-state index in [1.165, 1.54) is 24.5 Å². The highest BCUT2D eigenvalue weighted by atomic mass is 19.1. The Morgan fingerprint density at radius 1 is 0.611 bits per heavy atom. The van der Waals surface area contributed by atoms with Crippen LogP contribution in [0, 0.1) is 11.6 Å². The Hall–Kier alpha value is -4.98. The highest BCUT2D eigenvalue weighted by molar-refractivity contribution is 5.82. The molecule has 0 fully saturated rings. The molecule has 0 aromatic heterocycles. The van der Waals surface area contributed by atoms with Crippen molar-refractivity contribution in [3.05, 3.63) is 123 Å². The van der Waals surface area contributed by atoms with Crippen LogP contribution >= 0.6 is 0 Å². The fourth-order valence-corrected chi connectivity index (χ4v) is 2.93. The number of hydrogen-bond acceptors (Lipinski definition) is 6. The largest absolute Gasteiger partial charge is 0.462 e. The Morgan fingerprint density at radius 3 is 1.64 bits per heavy atom. The molecule has 0 aliphatic rings. The van der Waals surface area contributed by atoms with Crippen LogP contribution in [0.4, 0.5) is 8.78 Å². The maximum Gasteiger partial charge on any atom is 0.335 e. The van der Waals surface area contributed by atoms with Crippen LogP contribution in [-0.4, -0.2) is 11.9 Å². The van der Waals surface area contributed by atoms with Gasteiger partial charge >= 0.3 is 11.9 Å². The summed E-state index contributed by atoms with van der Waals surface area (Å²) in [6.45, 7) is 6.52. The highest BCUT2D eigenvalue weighted by Gasteiger charge is 2.11. The molecule has 0 aliphatic carbocycles. The lowest BCUT2D eigenvalue weighted by molar-refractivity contribution is -0.133. The topological polar surface area (TPSA) is 71.1 Å². The van der Waals surface area contributed by atoms with Gasteiger partial charge in [-0.15, -0.1) is 0 Å². The molecule has 0 aliphatic heterocycles. The van der Waals surface area contributed by atoms with E-state index >= 15 is 0 Å². The molecule has 0 N–H and O–H groups in total. The second kappa shape index (κ2) is 12.5. The van der Waals surface area contributed by atoms with Crippen molar-refractivity contribution in [2.75, 3.05) is 0 Å². The molecule has 182 valence electrons. The molecule has 0 unspecified atom stereocenters. The van der Waals surface area contributed by atoms with Crippen molar-refractivity contribution in [3.63, 3.8) is 0 Å². The van der Waals surface area contributed by atoms with Crippen LogP contribution in [0.2, 0.25) is 0 Å². The molecule has 8 heteroatoms. The molecule has 3 aromatic carbocycles. The van der Waals surface area contributed by atoms with Crippen molar-refractivity contribution in [1.82, 2.24) is 0 Å². The lowest BCUT2D eigenvalue weighted by atomic mass is 9.99. The van der Waals surface area contributed by atoms with Crippen LogP contribution in [0.1, 0.15) is 0 Å².